The average molecular weight is 708 g/mol. The second kappa shape index (κ2) is 17.0. The molecule has 1 aliphatic carbocycles. The van der Waals surface area contributed by atoms with Gasteiger partial charge in [-0.1, -0.05) is 23.9 Å². The van der Waals surface area contributed by atoms with Crippen LogP contribution in [-0.4, -0.2) is 68.1 Å². The van der Waals surface area contributed by atoms with E-state index in [9.17, 15) is 8.78 Å². The number of imidazole rings is 1. The highest BCUT2D eigenvalue weighted by Crippen LogP contribution is 2.46. The molecule has 1 unspecified atom stereocenters. The highest BCUT2D eigenvalue weighted by atomic mass is 35.5. The summed E-state index contributed by atoms with van der Waals surface area (Å²) in [6.07, 6.45) is 2.38. The average Bonchev–Trinajstić information content (AvgIpc) is 3.41. The number of rotatable bonds is 15. The Kier molecular flexibility index (Phi) is 13.4. The molecule has 1 heterocycles. The van der Waals surface area contributed by atoms with Crippen molar-refractivity contribution in [1.29, 1.82) is 0 Å². The molecule has 3 aromatic carbocycles. The lowest BCUT2D eigenvalue weighted by Crippen LogP contribution is -2.31. The van der Waals surface area contributed by atoms with Crippen molar-refractivity contribution < 1.29 is 31.8 Å². The molecule has 0 radical (unpaired) electrons. The molecule has 1 aliphatic rings. The van der Waals surface area contributed by atoms with E-state index >= 15 is 8.78 Å². The maximum atomic E-state index is 15.2. The normalized spacial score (nSPS) is 15.8. The molecule has 0 saturated carbocycles. The summed E-state index contributed by atoms with van der Waals surface area (Å²) >= 11 is 1.21. The van der Waals surface area contributed by atoms with Gasteiger partial charge in [0.1, 0.15) is 35.6 Å². The van der Waals surface area contributed by atoms with E-state index in [1.54, 1.807) is 25.1 Å². The van der Waals surface area contributed by atoms with Crippen LogP contribution in [0.1, 0.15) is 47.8 Å². The Bertz CT molecular complexity index is 1650. The maximum absolute atomic E-state index is 15.2. The molecule has 6 nitrogen and oxygen atoms in total. The first-order chi connectivity index (χ1) is 22.6. The molecule has 0 saturated heterocycles. The van der Waals surface area contributed by atoms with Crippen molar-refractivity contribution >= 4 is 24.2 Å². The Balaban J connectivity index is 0.00000520. The Labute approximate surface area is 290 Å². The van der Waals surface area contributed by atoms with E-state index < -0.39 is 17.0 Å². The fraction of sp³-hybridized carbons (Fsp3) is 0.417. The molecule has 0 fully saturated rings. The highest BCUT2D eigenvalue weighted by molar-refractivity contribution is 7.98. The number of aryl methyl sites for hydroxylation is 2. The zero-order valence-corrected chi connectivity index (χ0v) is 29.3. The van der Waals surface area contributed by atoms with E-state index in [-0.39, 0.29) is 54.3 Å². The van der Waals surface area contributed by atoms with Gasteiger partial charge < -0.3 is 19.1 Å². The second-order valence-electron chi connectivity index (χ2n) is 12.2. The number of thioether (sulfide) groups is 1. The van der Waals surface area contributed by atoms with Crippen LogP contribution in [0.15, 0.2) is 59.8 Å². The van der Waals surface area contributed by atoms with E-state index in [1.165, 1.54) is 42.1 Å². The minimum atomic E-state index is -0.723. The smallest absolute Gasteiger partial charge is 0.173 e. The monoisotopic (exact) mass is 707 g/mol. The van der Waals surface area contributed by atoms with Crippen LogP contribution in [0.5, 0.6) is 5.75 Å². The summed E-state index contributed by atoms with van der Waals surface area (Å²) in [5, 5.41) is 0.538. The summed E-state index contributed by atoms with van der Waals surface area (Å²) in [5.41, 5.74) is 3.33. The van der Waals surface area contributed by atoms with Gasteiger partial charge in [-0.15, -0.1) is 12.4 Å². The van der Waals surface area contributed by atoms with Crippen LogP contribution < -0.4 is 4.74 Å². The maximum Gasteiger partial charge on any atom is 0.173 e. The zero-order chi connectivity index (χ0) is 33.6. The summed E-state index contributed by atoms with van der Waals surface area (Å²) in [4.78, 5) is 6.98. The van der Waals surface area contributed by atoms with Crippen LogP contribution in [0.25, 0.3) is 5.69 Å². The molecule has 0 aliphatic heterocycles. The van der Waals surface area contributed by atoms with Gasteiger partial charge in [-0.25, -0.2) is 22.5 Å². The summed E-state index contributed by atoms with van der Waals surface area (Å²) in [7, 11) is 3.94. The van der Waals surface area contributed by atoms with Crippen molar-refractivity contribution in [3.63, 3.8) is 0 Å². The largest absolute Gasteiger partial charge is 0.491 e. The molecule has 0 bridgehead atoms. The topological polar surface area (TPSA) is 48.8 Å². The number of hydrogen-bond donors (Lipinski definition) is 0. The lowest BCUT2D eigenvalue weighted by Gasteiger charge is -2.36. The number of benzene rings is 3. The first-order valence-electron chi connectivity index (χ1n) is 15.7. The molecule has 260 valence electrons. The van der Waals surface area contributed by atoms with Gasteiger partial charge in [-0.05, 0) is 88.7 Å². The third kappa shape index (κ3) is 8.92. The molecule has 12 heteroatoms. The van der Waals surface area contributed by atoms with Crippen molar-refractivity contribution in [2.45, 2.75) is 49.4 Å². The molecule has 48 heavy (non-hydrogen) atoms. The van der Waals surface area contributed by atoms with E-state index in [0.29, 0.717) is 36.2 Å². The second-order valence-corrected chi connectivity index (χ2v) is 13.1. The van der Waals surface area contributed by atoms with Crippen molar-refractivity contribution in [3.05, 3.63) is 106 Å². The molecule has 0 spiro atoms. The third-order valence-corrected chi connectivity index (χ3v) is 9.39. The molecule has 0 amide bonds. The molecule has 1 aromatic heterocycles. The third-order valence-electron chi connectivity index (χ3n) is 8.42. The summed E-state index contributed by atoms with van der Waals surface area (Å²) in [6.45, 7) is 6.53. The van der Waals surface area contributed by atoms with Gasteiger partial charge in [0, 0.05) is 41.1 Å². The standard InChI is InChI=1S/C36H41F4N3O3S.ClH/c1-24-20-25(7-12-30(24)38)36(2)13-5-6-33-34(36)43(27-10-8-26(37)9-11-27)35(41-33)47-23-29-31(39)21-28(22-32(29)40)46-19-18-45-17-16-44-15-14-42(3)4;/h7-12,20-22H,5-6,13-19,23H2,1-4H3;1H. The van der Waals surface area contributed by atoms with E-state index in [4.69, 9.17) is 19.2 Å². The summed E-state index contributed by atoms with van der Waals surface area (Å²) in [6, 6.07) is 13.6. The van der Waals surface area contributed by atoms with Crippen molar-refractivity contribution in [3.8, 4) is 11.4 Å². The Morgan fingerprint density at radius 2 is 1.54 bits per heavy atom. The van der Waals surface area contributed by atoms with E-state index in [2.05, 4.69) is 6.92 Å². The van der Waals surface area contributed by atoms with Crippen molar-refractivity contribution in [2.24, 2.45) is 0 Å². The number of hydrogen-bond acceptors (Lipinski definition) is 6. The number of halogens is 5. The molecular weight excluding hydrogens is 666 g/mol. The number of fused-ring (bicyclic) bond motifs is 1. The lowest BCUT2D eigenvalue weighted by molar-refractivity contribution is 0.0324. The number of aromatic nitrogens is 2. The van der Waals surface area contributed by atoms with Crippen LogP contribution >= 0.6 is 24.2 Å². The predicted octanol–water partition coefficient (Wildman–Crippen LogP) is 8.07. The molecule has 1 atom stereocenters. The molecular formula is C36H42ClF4N3O3S. The minimum absolute atomic E-state index is 0. The molecule has 4 aromatic rings. The number of likely N-dealkylation sites (N-methyl/N-ethyl adjacent to an activating group) is 1. The fourth-order valence-corrected chi connectivity index (χ4v) is 6.88. The molecule has 5 rings (SSSR count). The van der Waals surface area contributed by atoms with Gasteiger partial charge in [-0.2, -0.15) is 0 Å². The quantitative estimate of drug-likeness (QED) is 0.0708. The zero-order valence-electron chi connectivity index (χ0n) is 27.7. The van der Waals surface area contributed by atoms with Gasteiger partial charge in [0.05, 0.1) is 37.8 Å². The lowest BCUT2D eigenvalue weighted by atomic mass is 9.71. The number of ether oxygens (including phenoxy) is 3. The van der Waals surface area contributed by atoms with Crippen molar-refractivity contribution in [1.82, 2.24) is 14.5 Å². The first-order valence-corrected chi connectivity index (χ1v) is 16.7. The van der Waals surface area contributed by atoms with E-state index in [1.807, 2.05) is 29.6 Å². The first kappa shape index (κ1) is 37.7. The van der Waals surface area contributed by atoms with Gasteiger partial charge in [0.25, 0.3) is 0 Å². The van der Waals surface area contributed by atoms with Gasteiger partial charge in [0.15, 0.2) is 5.16 Å². The van der Waals surface area contributed by atoms with Gasteiger partial charge in [0.2, 0.25) is 0 Å². The van der Waals surface area contributed by atoms with Gasteiger partial charge in [-0.3, -0.25) is 4.57 Å². The number of nitrogens with zero attached hydrogens (tertiary/aromatic N) is 3. The van der Waals surface area contributed by atoms with Crippen LogP contribution in [0.2, 0.25) is 0 Å². The predicted molar refractivity (Wildman–Crippen MR) is 183 cm³/mol. The highest BCUT2D eigenvalue weighted by Gasteiger charge is 2.39. The fourth-order valence-electron chi connectivity index (χ4n) is 5.83. The van der Waals surface area contributed by atoms with Crippen LogP contribution in [0.4, 0.5) is 17.6 Å². The van der Waals surface area contributed by atoms with Crippen LogP contribution in [-0.2, 0) is 27.1 Å². The van der Waals surface area contributed by atoms with Crippen LogP contribution in [0, 0.1) is 30.2 Å². The minimum Gasteiger partial charge on any atom is -0.491 e. The Morgan fingerprint density at radius 3 is 2.21 bits per heavy atom. The van der Waals surface area contributed by atoms with Crippen LogP contribution in [0.3, 0.4) is 0 Å². The Hall–Kier alpha value is -3.09. The summed E-state index contributed by atoms with van der Waals surface area (Å²) < 4.78 is 77.2. The summed E-state index contributed by atoms with van der Waals surface area (Å²) in [5.74, 6) is -2.05. The van der Waals surface area contributed by atoms with Gasteiger partial charge >= 0.3 is 0 Å². The Morgan fingerprint density at radius 1 is 0.875 bits per heavy atom. The van der Waals surface area contributed by atoms with Crippen molar-refractivity contribution in [2.75, 3.05) is 53.7 Å². The molecule has 0 N–H and O–H groups in total. The SMILES string of the molecule is Cc1cc(C2(C)CCCc3nc(SCc4c(F)cc(OCCOCCOCCN(C)C)cc4F)n(-c4ccc(F)cc4)c32)ccc1F.Cl. The van der Waals surface area contributed by atoms with E-state index in [0.717, 1.165) is 42.8 Å².